The molecule has 0 aromatic heterocycles. The van der Waals surface area contributed by atoms with E-state index < -0.39 is 19.9 Å². The van der Waals surface area contributed by atoms with Crippen molar-refractivity contribution in [2.75, 3.05) is 0 Å². The number of primary sulfonamides is 1. The molecule has 0 saturated heterocycles. The molecule has 2 N–H and O–H groups in total. The molecule has 0 aliphatic heterocycles. The Balaban J connectivity index is 1.89. The van der Waals surface area contributed by atoms with Gasteiger partial charge in [-0.15, -0.1) is 0 Å². The number of sulfone groups is 1. The number of halogens is 2. The summed E-state index contributed by atoms with van der Waals surface area (Å²) in [5, 5.41) is 6.07. The van der Waals surface area contributed by atoms with Crippen molar-refractivity contribution in [3.63, 3.8) is 0 Å². The molecule has 0 aliphatic carbocycles. The minimum atomic E-state index is -3.91. The number of nitrogens with two attached hydrogens (primary N) is 1. The Morgan fingerprint density at radius 3 is 2.07 bits per heavy atom. The molecule has 0 radical (unpaired) electrons. The lowest BCUT2D eigenvalue weighted by atomic mass is 10.1. The summed E-state index contributed by atoms with van der Waals surface area (Å²) < 4.78 is 48.3. The van der Waals surface area contributed by atoms with Crippen molar-refractivity contribution in [1.82, 2.24) is 0 Å². The van der Waals surface area contributed by atoms with Gasteiger partial charge in [-0.2, -0.15) is 0 Å². The van der Waals surface area contributed by atoms with E-state index in [1.54, 1.807) is 30.3 Å². The zero-order valence-corrected chi connectivity index (χ0v) is 17.5. The molecule has 9 heteroatoms. The van der Waals surface area contributed by atoms with Gasteiger partial charge in [-0.3, -0.25) is 0 Å². The van der Waals surface area contributed by atoms with Crippen LogP contribution in [0, 0.1) is 0 Å². The maximum Gasteiger partial charge on any atom is 0.238 e. The summed E-state index contributed by atoms with van der Waals surface area (Å²) >= 11 is 12.1. The van der Waals surface area contributed by atoms with Crippen molar-refractivity contribution in [1.29, 1.82) is 0 Å². The third-order valence-corrected chi connectivity index (χ3v) is 7.20. The van der Waals surface area contributed by atoms with Crippen molar-refractivity contribution < 1.29 is 16.8 Å². The predicted molar refractivity (Wildman–Crippen MR) is 111 cm³/mol. The van der Waals surface area contributed by atoms with Gasteiger partial charge in [0.05, 0.1) is 15.5 Å². The monoisotopic (exact) mass is 455 g/mol. The summed E-state index contributed by atoms with van der Waals surface area (Å²) in [6.45, 7) is 0. The highest BCUT2D eigenvalue weighted by atomic mass is 35.5. The average molecular weight is 456 g/mol. The summed E-state index contributed by atoms with van der Waals surface area (Å²) in [6.07, 6.45) is 0. The maximum absolute atomic E-state index is 12.7. The highest BCUT2D eigenvalue weighted by molar-refractivity contribution is 7.90. The minimum absolute atomic E-state index is 0.113. The molecule has 0 fully saturated rings. The zero-order valence-electron chi connectivity index (χ0n) is 14.3. The van der Waals surface area contributed by atoms with Crippen molar-refractivity contribution in [3.8, 4) is 11.1 Å². The second-order valence-corrected chi connectivity index (χ2v) is 10.5. The first kappa shape index (κ1) is 20.8. The van der Waals surface area contributed by atoms with Gasteiger partial charge in [0.25, 0.3) is 0 Å². The average Bonchev–Trinajstić information content (AvgIpc) is 2.61. The lowest BCUT2D eigenvalue weighted by Gasteiger charge is -2.09. The number of hydrogen-bond donors (Lipinski definition) is 1. The molecule has 146 valence electrons. The van der Waals surface area contributed by atoms with Crippen LogP contribution in [0.4, 0.5) is 0 Å². The number of hydrogen-bond acceptors (Lipinski definition) is 4. The van der Waals surface area contributed by atoms with Gasteiger partial charge in [0.1, 0.15) is 0 Å². The summed E-state index contributed by atoms with van der Waals surface area (Å²) in [4.78, 5) is -0.0183. The van der Waals surface area contributed by atoms with Gasteiger partial charge in [0.2, 0.25) is 10.0 Å². The fourth-order valence-electron chi connectivity index (χ4n) is 2.68. The first-order chi connectivity index (χ1) is 13.1. The molecule has 0 amide bonds. The summed E-state index contributed by atoms with van der Waals surface area (Å²) in [7, 11) is -7.59. The number of sulfonamides is 1. The number of rotatable bonds is 5. The molecule has 0 saturated carbocycles. The molecule has 0 unspecified atom stereocenters. The molecule has 3 aromatic carbocycles. The lowest BCUT2D eigenvalue weighted by Crippen LogP contribution is -2.13. The Morgan fingerprint density at radius 1 is 0.786 bits per heavy atom. The first-order valence-electron chi connectivity index (χ1n) is 7.96. The highest BCUT2D eigenvalue weighted by Gasteiger charge is 2.17. The fourth-order valence-corrected chi connectivity index (χ4v) is 5.12. The second-order valence-electron chi connectivity index (χ2n) is 6.10. The van der Waals surface area contributed by atoms with Gasteiger partial charge in [0, 0.05) is 15.6 Å². The van der Waals surface area contributed by atoms with Crippen LogP contribution < -0.4 is 5.14 Å². The van der Waals surface area contributed by atoms with E-state index in [0.717, 1.165) is 11.1 Å². The smallest absolute Gasteiger partial charge is 0.225 e. The first-order valence-corrected chi connectivity index (χ1v) is 11.9. The molecule has 5 nitrogen and oxygen atoms in total. The van der Waals surface area contributed by atoms with Crippen molar-refractivity contribution in [2.45, 2.75) is 15.5 Å². The third-order valence-electron chi connectivity index (χ3n) is 4.04. The molecule has 0 aliphatic rings. The Labute approximate surface area is 173 Å². The van der Waals surface area contributed by atoms with E-state index >= 15 is 0 Å². The Morgan fingerprint density at radius 2 is 1.46 bits per heavy atom. The fraction of sp³-hybridized carbons (Fsp3) is 0.0526. The van der Waals surface area contributed by atoms with E-state index in [-0.39, 0.29) is 15.5 Å². The van der Waals surface area contributed by atoms with Gasteiger partial charge in [0.15, 0.2) is 9.84 Å². The van der Waals surface area contributed by atoms with E-state index in [1.807, 2.05) is 0 Å². The van der Waals surface area contributed by atoms with Crippen LogP contribution in [0.5, 0.6) is 0 Å². The minimum Gasteiger partial charge on any atom is -0.225 e. The SMILES string of the molecule is NS(=O)(=O)c1cccc(CS(=O)(=O)c2ccc(-c3ccc(Cl)cc3Cl)cc2)c1. The van der Waals surface area contributed by atoms with Crippen LogP contribution in [-0.4, -0.2) is 16.8 Å². The largest absolute Gasteiger partial charge is 0.238 e. The van der Waals surface area contributed by atoms with Crippen molar-refractivity contribution >= 4 is 43.1 Å². The summed E-state index contributed by atoms with van der Waals surface area (Å²) in [5.41, 5.74) is 1.81. The van der Waals surface area contributed by atoms with Crippen LogP contribution in [0.2, 0.25) is 10.0 Å². The Bertz CT molecular complexity index is 1240. The molecular formula is C19H15Cl2NO4S2. The molecule has 0 bridgehead atoms. The van der Waals surface area contributed by atoms with Gasteiger partial charge in [-0.1, -0.05) is 53.5 Å². The van der Waals surface area contributed by atoms with Gasteiger partial charge in [-0.05, 0) is 47.5 Å². The van der Waals surface area contributed by atoms with Crippen molar-refractivity contribution in [2.24, 2.45) is 5.14 Å². The summed E-state index contributed by atoms with van der Waals surface area (Å²) in [6, 6.07) is 16.9. The normalized spacial score (nSPS) is 12.1. The van der Waals surface area contributed by atoms with Crippen LogP contribution in [0.25, 0.3) is 11.1 Å². The molecule has 3 rings (SSSR count). The van der Waals surface area contributed by atoms with Gasteiger partial charge in [-0.25, -0.2) is 22.0 Å². The number of benzene rings is 3. The van der Waals surface area contributed by atoms with E-state index in [9.17, 15) is 16.8 Å². The molecule has 0 spiro atoms. The van der Waals surface area contributed by atoms with E-state index in [1.165, 1.54) is 36.4 Å². The van der Waals surface area contributed by atoms with Gasteiger partial charge >= 0.3 is 0 Å². The predicted octanol–water partition coefficient (Wildman–Crippen LogP) is 4.28. The second kappa shape index (κ2) is 7.85. The molecule has 0 heterocycles. The Kier molecular flexibility index (Phi) is 5.84. The Hall–Kier alpha value is -1.90. The lowest BCUT2D eigenvalue weighted by molar-refractivity contribution is 0.593. The molecule has 0 atom stereocenters. The standard InChI is InChI=1S/C19H15Cl2NO4S2/c20-15-6-9-18(19(21)11-15)14-4-7-16(8-5-14)27(23,24)12-13-2-1-3-17(10-13)28(22,25)26/h1-11H,12H2,(H2,22,25,26). The zero-order chi connectivity index (χ0) is 20.5. The molecule has 3 aromatic rings. The maximum atomic E-state index is 12.7. The third kappa shape index (κ3) is 4.74. The quantitative estimate of drug-likeness (QED) is 0.620. The van der Waals surface area contributed by atoms with Crippen LogP contribution in [0.1, 0.15) is 5.56 Å². The van der Waals surface area contributed by atoms with Crippen LogP contribution >= 0.6 is 23.2 Å². The van der Waals surface area contributed by atoms with E-state index in [0.29, 0.717) is 15.6 Å². The van der Waals surface area contributed by atoms with Crippen molar-refractivity contribution in [3.05, 3.63) is 82.3 Å². The summed E-state index contributed by atoms with van der Waals surface area (Å²) in [5.74, 6) is -0.350. The molecular weight excluding hydrogens is 441 g/mol. The van der Waals surface area contributed by atoms with E-state index in [4.69, 9.17) is 28.3 Å². The van der Waals surface area contributed by atoms with Gasteiger partial charge < -0.3 is 0 Å². The highest BCUT2D eigenvalue weighted by Crippen LogP contribution is 2.31. The van der Waals surface area contributed by atoms with Crippen LogP contribution in [0.15, 0.2) is 76.5 Å². The van der Waals surface area contributed by atoms with Crippen LogP contribution in [0.3, 0.4) is 0 Å². The molecule has 28 heavy (non-hydrogen) atoms. The van der Waals surface area contributed by atoms with E-state index in [2.05, 4.69) is 0 Å². The van der Waals surface area contributed by atoms with Crippen LogP contribution in [-0.2, 0) is 25.6 Å². The topological polar surface area (TPSA) is 94.3 Å².